The van der Waals surface area contributed by atoms with Crippen molar-refractivity contribution in [2.45, 2.75) is 50.0 Å². The van der Waals surface area contributed by atoms with Gasteiger partial charge < -0.3 is 10.4 Å². The average molecular weight is 341 g/mol. The monoisotopic (exact) mass is 341 g/mol. The number of sulfonamides is 1. The Morgan fingerprint density at radius 1 is 1.35 bits per heavy atom. The molecule has 1 atom stereocenters. The van der Waals surface area contributed by atoms with E-state index in [-0.39, 0.29) is 4.90 Å². The first-order valence-corrected chi connectivity index (χ1v) is 9.34. The number of piperidine rings is 1. The number of hydrogen-bond acceptors (Lipinski definition) is 5. The van der Waals surface area contributed by atoms with Crippen molar-refractivity contribution >= 4 is 21.8 Å². The van der Waals surface area contributed by atoms with E-state index in [0.29, 0.717) is 25.3 Å². The van der Waals surface area contributed by atoms with E-state index in [0.717, 1.165) is 25.7 Å². The number of nitrogens with one attached hydrogen (secondary N) is 1. The van der Waals surface area contributed by atoms with E-state index in [2.05, 4.69) is 10.3 Å². The summed E-state index contributed by atoms with van der Waals surface area (Å²) in [5, 5.41) is 11.9. The third-order valence-electron chi connectivity index (χ3n) is 3.89. The summed E-state index contributed by atoms with van der Waals surface area (Å²) in [7, 11) is -3.51. The van der Waals surface area contributed by atoms with Crippen LogP contribution in [0.3, 0.4) is 0 Å². The predicted molar refractivity (Wildman–Crippen MR) is 86.8 cm³/mol. The number of carbonyl (C=O) groups is 1. The summed E-state index contributed by atoms with van der Waals surface area (Å²) < 4.78 is 26.5. The zero-order valence-electron chi connectivity index (χ0n) is 13.2. The molecule has 1 unspecified atom stereocenters. The Bertz CT molecular complexity index is 625. The van der Waals surface area contributed by atoms with Crippen molar-refractivity contribution in [3.8, 4) is 0 Å². The molecule has 0 amide bonds. The van der Waals surface area contributed by atoms with E-state index in [1.54, 1.807) is 0 Å². The normalized spacial score (nSPS) is 17.6. The van der Waals surface area contributed by atoms with Crippen LogP contribution in [0, 0.1) is 0 Å². The highest BCUT2D eigenvalue weighted by molar-refractivity contribution is 7.89. The van der Waals surface area contributed by atoms with Crippen LogP contribution in [-0.2, 0) is 14.8 Å². The first-order valence-electron chi connectivity index (χ1n) is 7.90. The Morgan fingerprint density at radius 2 is 2.04 bits per heavy atom. The van der Waals surface area contributed by atoms with Crippen LogP contribution in [-0.4, -0.2) is 47.9 Å². The van der Waals surface area contributed by atoms with Crippen molar-refractivity contribution in [3.05, 3.63) is 18.3 Å². The third-order valence-corrected chi connectivity index (χ3v) is 5.77. The summed E-state index contributed by atoms with van der Waals surface area (Å²) in [6.07, 6.45) is 5.31. The lowest BCUT2D eigenvalue weighted by Crippen LogP contribution is -2.35. The minimum Gasteiger partial charge on any atom is -0.480 e. The van der Waals surface area contributed by atoms with Crippen LogP contribution in [0.15, 0.2) is 23.2 Å². The topological polar surface area (TPSA) is 99.6 Å². The van der Waals surface area contributed by atoms with Crippen molar-refractivity contribution in [2.75, 3.05) is 18.4 Å². The second-order valence-electron chi connectivity index (χ2n) is 5.67. The van der Waals surface area contributed by atoms with Gasteiger partial charge in [-0.05, 0) is 31.4 Å². The van der Waals surface area contributed by atoms with Gasteiger partial charge in [-0.3, -0.25) is 0 Å². The number of rotatable bonds is 7. The van der Waals surface area contributed by atoms with Crippen molar-refractivity contribution in [1.29, 1.82) is 0 Å². The molecule has 0 radical (unpaired) electrons. The lowest BCUT2D eigenvalue weighted by atomic mass is 10.2. The molecule has 23 heavy (non-hydrogen) atoms. The molecule has 1 aliphatic rings. The van der Waals surface area contributed by atoms with Crippen LogP contribution in [0.4, 0.5) is 5.82 Å². The molecule has 0 aliphatic carbocycles. The van der Waals surface area contributed by atoms with Gasteiger partial charge in [0.1, 0.15) is 16.8 Å². The van der Waals surface area contributed by atoms with Crippen molar-refractivity contribution in [2.24, 2.45) is 0 Å². The highest BCUT2D eigenvalue weighted by Crippen LogP contribution is 2.21. The number of carboxylic acid groups (broad SMARTS) is 1. The van der Waals surface area contributed by atoms with E-state index in [1.807, 2.05) is 6.92 Å². The minimum absolute atomic E-state index is 0.146. The predicted octanol–water partition coefficient (Wildman–Crippen LogP) is 1.92. The Labute approximate surface area is 136 Å². The SMILES string of the molecule is CCCC(Nc1ccc(S(=O)(=O)N2CCCCC2)cn1)C(=O)O. The van der Waals surface area contributed by atoms with Crippen LogP contribution >= 0.6 is 0 Å². The van der Waals surface area contributed by atoms with Gasteiger partial charge in [0.15, 0.2) is 0 Å². The molecule has 1 aromatic rings. The third kappa shape index (κ3) is 4.42. The first kappa shape index (κ1) is 17.7. The first-order chi connectivity index (χ1) is 10.9. The van der Waals surface area contributed by atoms with E-state index in [1.165, 1.54) is 22.6 Å². The molecule has 1 saturated heterocycles. The highest BCUT2D eigenvalue weighted by atomic mass is 32.2. The van der Waals surface area contributed by atoms with Crippen LogP contribution in [0.25, 0.3) is 0 Å². The van der Waals surface area contributed by atoms with Crippen LogP contribution < -0.4 is 5.32 Å². The van der Waals surface area contributed by atoms with Crippen LogP contribution in [0.1, 0.15) is 39.0 Å². The summed E-state index contributed by atoms with van der Waals surface area (Å²) >= 11 is 0. The lowest BCUT2D eigenvalue weighted by Gasteiger charge is -2.25. The standard InChI is InChI=1S/C15H23N3O4S/c1-2-6-13(15(19)20)17-14-8-7-12(11-16-14)23(21,22)18-9-4-3-5-10-18/h7-8,11,13H,2-6,9-10H2,1H3,(H,16,17)(H,19,20). The van der Waals surface area contributed by atoms with Gasteiger partial charge >= 0.3 is 5.97 Å². The fourth-order valence-corrected chi connectivity index (χ4v) is 4.06. The number of anilines is 1. The Balaban J connectivity index is 2.10. The molecule has 0 bridgehead atoms. The van der Waals surface area contributed by atoms with Crippen LogP contribution in [0.2, 0.25) is 0 Å². The van der Waals surface area contributed by atoms with Crippen LogP contribution in [0.5, 0.6) is 0 Å². The molecule has 8 heteroatoms. The maximum absolute atomic E-state index is 12.5. The molecule has 0 spiro atoms. The maximum atomic E-state index is 12.5. The smallest absolute Gasteiger partial charge is 0.326 e. The number of hydrogen-bond donors (Lipinski definition) is 2. The quantitative estimate of drug-likeness (QED) is 0.786. The molecule has 0 aromatic carbocycles. The van der Waals surface area contributed by atoms with Gasteiger partial charge in [-0.25, -0.2) is 18.2 Å². The van der Waals surface area contributed by atoms with Gasteiger partial charge in [0.2, 0.25) is 10.0 Å². The van der Waals surface area contributed by atoms with E-state index >= 15 is 0 Å². The molecule has 2 heterocycles. The fourth-order valence-electron chi connectivity index (χ4n) is 2.60. The summed E-state index contributed by atoms with van der Waals surface area (Å²) in [4.78, 5) is 15.3. The van der Waals surface area contributed by atoms with E-state index < -0.39 is 22.0 Å². The van der Waals surface area contributed by atoms with Gasteiger partial charge in [0.25, 0.3) is 0 Å². The average Bonchev–Trinajstić information content (AvgIpc) is 2.55. The summed E-state index contributed by atoms with van der Waals surface area (Å²) in [5.41, 5.74) is 0. The maximum Gasteiger partial charge on any atom is 0.326 e. The molecule has 2 rings (SSSR count). The molecule has 0 saturated carbocycles. The van der Waals surface area contributed by atoms with E-state index in [4.69, 9.17) is 5.11 Å². The molecule has 128 valence electrons. The van der Waals surface area contributed by atoms with Gasteiger partial charge in [-0.1, -0.05) is 19.8 Å². The fraction of sp³-hybridized carbons (Fsp3) is 0.600. The number of carboxylic acids is 1. The Kier molecular flexibility index (Phi) is 5.95. The minimum atomic E-state index is -3.51. The number of aliphatic carboxylic acids is 1. The lowest BCUT2D eigenvalue weighted by molar-refractivity contribution is -0.138. The van der Waals surface area contributed by atoms with Crippen molar-refractivity contribution in [1.82, 2.24) is 9.29 Å². The van der Waals surface area contributed by atoms with Gasteiger partial charge in [-0.15, -0.1) is 0 Å². The Morgan fingerprint density at radius 3 is 2.57 bits per heavy atom. The second kappa shape index (κ2) is 7.74. The molecule has 7 nitrogen and oxygen atoms in total. The molecule has 1 aromatic heterocycles. The number of aromatic nitrogens is 1. The van der Waals surface area contributed by atoms with Gasteiger partial charge in [0.05, 0.1) is 0 Å². The zero-order chi connectivity index (χ0) is 16.9. The largest absolute Gasteiger partial charge is 0.480 e. The molecular weight excluding hydrogens is 318 g/mol. The Hall–Kier alpha value is -1.67. The number of nitrogens with zero attached hydrogens (tertiary/aromatic N) is 2. The molecule has 1 fully saturated rings. The van der Waals surface area contributed by atoms with Crippen molar-refractivity contribution < 1.29 is 18.3 Å². The molecule has 2 N–H and O–H groups in total. The summed E-state index contributed by atoms with van der Waals surface area (Å²) in [5.74, 6) is -0.581. The summed E-state index contributed by atoms with van der Waals surface area (Å²) in [6, 6.07) is 2.27. The van der Waals surface area contributed by atoms with Gasteiger partial charge in [0, 0.05) is 19.3 Å². The van der Waals surface area contributed by atoms with Crippen molar-refractivity contribution in [3.63, 3.8) is 0 Å². The molecule has 1 aliphatic heterocycles. The van der Waals surface area contributed by atoms with E-state index in [9.17, 15) is 13.2 Å². The second-order valence-corrected chi connectivity index (χ2v) is 7.61. The molecular formula is C15H23N3O4S. The van der Waals surface area contributed by atoms with Gasteiger partial charge in [-0.2, -0.15) is 4.31 Å². The number of pyridine rings is 1. The summed E-state index contributed by atoms with van der Waals surface area (Å²) in [6.45, 7) is 2.99. The highest BCUT2D eigenvalue weighted by Gasteiger charge is 2.26. The zero-order valence-corrected chi connectivity index (χ0v) is 14.1.